The van der Waals surface area contributed by atoms with Crippen molar-refractivity contribution < 1.29 is 14.6 Å². The molecule has 0 aliphatic heterocycles. The van der Waals surface area contributed by atoms with Crippen LogP contribution in [0, 0.1) is 6.92 Å². The molecule has 0 amide bonds. The van der Waals surface area contributed by atoms with Crippen molar-refractivity contribution in [2.24, 2.45) is 7.05 Å². The number of aromatic nitrogens is 2. The van der Waals surface area contributed by atoms with Gasteiger partial charge in [-0.05, 0) is 13.3 Å². The Bertz CT molecular complexity index is 426. The largest absolute Gasteiger partial charge is 0.477 e. The lowest BCUT2D eigenvalue weighted by atomic mass is 10.2. The van der Waals surface area contributed by atoms with Crippen molar-refractivity contribution in [2.45, 2.75) is 13.3 Å². The van der Waals surface area contributed by atoms with Crippen molar-refractivity contribution in [2.75, 3.05) is 25.1 Å². The molecular weight excluding hydrogens is 234 g/mol. The van der Waals surface area contributed by atoms with Crippen LogP contribution in [0.25, 0.3) is 0 Å². The van der Waals surface area contributed by atoms with E-state index in [-0.39, 0.29) is 5.56 Å². The number of carboxylic acid groups (broad SMARTS) is 1. The number of ether oxygens (including phenoxy) is 1. The highest BCUT2D eigenvalue weighted by atomic mass is 16.5. The number of hydrogen-bond donors (Lipinski definition) is 2. The summed E-state index contributed by atoms with van der Waals surface area (Å²) in [6.07, 6.45) is 2.60. The second-order valence-corrected chi connectivity index (χ2v) is 3.85. The Morgan fingerprint density at radius 1 is 1.61 bits per heavy atom. The molecule has 0 saturated heterocycles. The normalized spacial score (nSPS) is 10.3. The molecule has 0 aromatic carbocycles. The van der Waals surface area contributed by atoms with E-state index < -0.39 is 5.97 Å². The zero-order valence-electron chi connectivity index (χ0n) is 10.8. The fourth-order valence-electron chi connectivity index (χ4n) is 1.63. The number of hydrogen-bond acceptors (Lipinski definition) is 4. The molecule has 0 fully saturated rings. The van der Waals surface area contributed by atoms with Gasteiger partial charge in [0.25, 0.3) is 0 Å². The third kappa shape index (κ3) is 3.59. The first-order valence-corrected chi connectivity index (χ1v) is 5.77. The first-order chi connectivity index (χ1) is 8.57. The molecule has 1 heterocycles. The number of nitrogens with one attached hydrogen (secondary N) is 1. The molecule has 0 aliphatic rings. The molecule has 1 aromatic rings. The fourth-order valence-corrected chi connectivity index (χ4v) is 1.63. The molecule has 0 bridgehead atoms. The van der Waals surface area contributed by atoms with Crippen LogP contribution in [0.1, 0.15) is 22.5 Å². The zero-order valence-corrected chi connectivity index (χ0v) is 10.8. The summed E-state index contributed by atoms with van der Waals surface area (Å²) in [5.41, 5.74) is 0.712. The minimum Gasteiger partial charge on any atom is -0.477 e. The smallest absolute Gasteiger partial charge is 0.341 e. The van der Waals surface area contributed by atoms with Gasteiger partial charge in [0, 0.05) is 13.6 Å². The quantitative estimate of drug-likeness (QED) is 0.541. The predicted octanol–water partition coefficient (Wildman–Crippen LogP) is 1.43. The highest BCUT2D eigenvalue weighted by molar-refractivity contribution is 5.94. The summed E-state index contributed by atoms with van der Waals surface area (Å²) < 4.78 is 6.86. The maximum absolute atomic E-state index is 11.1. The van der Waals surface area contributed by atoms with Gasteiger partial charge in [-0.15, -0.1) is 6.58 Å². The maximum Gasteiger partial charge on any atom is 0.341 e. The van der Waals surface area contributed by atoms with E-state index in [9.17, 15) is 4.79 Å². The molecule has 0 spiro atoms. The molecule has 6 heteroatoms. The highest BCUT2D eigenvalue weighted by Gasteiger charge is 2.18. The molecule has 1 rings (SSSR count). The summed E-state index contributed by atoms with van der Waals surface area (Å²) in [4.78, 5) is 11.1. The van der Waals surface area contributed by atoms with E-state index in [0.29, 0.717) is 31.3 Å². The Labute approximate surface area is 106 Å². The molecule has 0 atom stereocenters. The third-order valence-corrected chi connectivity index (χ3v) is 2.44. The lowest BCUT2D eigenvalue weighted by molar-refractivity contribution is 0.0697. The number of carbonyl (C=O) groups is 1. The van der Waals surface area contributed by atoms with E-state index in [4.69, 9.17) is 9.84 Å². The molecule has 6 nitrogen and oxygen atoms in total. The standard InChI is InChI=1S/C12H19N3O3/c1-4-5-7-18-8-6-13-11-10(12(16)17)9(2)14-15(11)3/h4,13H,1,5-8H2,2-3H3,(H,16,17). The minimum atomic E-state index is -0.976. The zero-order chi connectivity index (χ0) is 13.5. The first-order valence-electron chi connectivity index (χ1n) is 5.77. The average molecular weight is 253 g/mol. The van der Waals surface area contributed by atoms with E-state index in [1.807, 2.05) is 0 Å². The molecule has 100 valence electrons. The van der Waals surface area contributed by atoms with Crippen molar-refractivity contribution in [3.05, 3.63) is 23.9 Å². The number of anilines is 1. The van der Waals surface area contributed by atoms with Gasteiger partial charge in [-0.2, -0.15) is 5.10 Å². The van der Waals surface area contributed by atoms with Crippen molar-refractivity contribution in [1.82, 2.24) is 9.78 Å². The number of aromatic carboxylic acids is 1. The average Bonchev–Trinajstić information content (AvgIpc) is 2.58. The molecule has 0 radical (unpaired) electrons. The van der Waals surface area contributed by atoms with Crippen LogP contribution in [-0.4, -0.2) is 40.6 Å². The Morgan fingerprint density at radius 3 is 2.94 bits per heavy atom. The Balaban J connectivity index is 2.51. The number of rotatable bonds is 8. The van der Waals surface area contributed by atoms with Crippen LogP contribution in [0.2, 0.25) is 0 Å². The van der Waals surface area contributed by atoms with Crippen LogP contribution in [0.5, 0.6) is 0 Å². The van der Waals surface area contributed by atoms with Crippen LogP contribution in [-0.2, 0) is 11.8 Å². The van der Waals surface area contributed by atoms with Gasteiger partial charge in [-0.1, -0.05) is 6.08 Å². The fraction of sp³-hybridized carbons (Fsp3) is 0.500. The van der Waals surface area contributed by atoms with Crippen molar-refractivity contribution in [1.29, 1.82) is 0 Å². The Hall–Kier alpha value is -1.82. The highest BCUT2D eigenvalue weighted by Crippen LogP contribution is 2.18. The van der Waals surface area contributed by atoms with Gasteiger partial charge < -0.3 is 15.2 Å². The van der Waals surface area contributed by atoms with Crippen LogP contribution >= 0.6 is 0 Å². The second-order valence-electron chi connectivity index (χ2n) is 3.85. The Morgan fingerprint density at radius 2 is 2.33 bits per heavy atom. The lowest BCUT2D eigenvalue weighted by Crippen LogP contribution is -2.14. The van der Waals surface area contributed by atoms with Gasteiger partial charge in [0.1, 0.15) is 11.4 Å². The van der Waals surface area contributed by atoms with Crippen molar-refractivity contribution in [3.8, 4) is 0 Å². The molecule has 18 heavy (non-hydrogen) atoms. The summed E-state index contributed by atoms with van der Waals surface area (Å²) in [7, 11) is 1.71. The third-order valence-electron chi connectivity index (χ3n) is 2.44. The van der Waals surface area contributed by atoms with E-state index in [1.54, 1.807) is 20.0 Å². The van der Waals surface area contributed by atoms with Crippen molar-refractivity contribution in [3.63, 3.8) is 0 Å². The summed E-state index contributed by atoms with van der Waals surface area (Å²) >= 11 is 0. The van der Waals surface area contributed by atoms with E-state index in [0.717, 1.165) is 6.42 Å². The monoisotopic (exact) mass is 253 g/mol. The van der Waals surface area contributed by atoms with Crippen molar-refractivity contribution >= 4 is 11.8 Å². The Kier molecular flexibility index (Phi) is 5.38. The topological polar surface area (TPSA) is 76.4 Å². The van der Waals surface area contributed by atoms with E-state index >= 15 is 0 Å². The summed E-state index contributed by atoms with van der Waals surface area (Å²) in [6.45, 7) is 6.95. The number of carboxylic acids is 1. The summed E-state index contributed by atoms with van der Waals surface area (Å²) in [6, 6.07) is 0. The molecule has 1 aromatic heterocycles. The SMILES string of the molecule is C=CCCOCCNc1c(C(=O)O)c(C)nn1C. The van der Waals surface area contributed by atoms with Gasteiger partial charge >= 0.3 is 5.97 Å². The maximum atomic E-state index is 11.1. The van der Waals surface area contributed by atoms with Gasteiger partial charge in [-0.25, -0.2) is 4.79 Å². The van der Waals surface area contributed by atoms with Gasteiger partial charge in [0.2, 0.25) is 0 Å². The predicted molar refractivity (Wildman–Crippen MR) is 69.0 cm³/mol. The van der Waals surface area contributed by atoms with E-state index in [1.165, 1.54) is 4.68 Å². The lowest BCUT2D eigenvalue weighted by Gasteiger charge is -2.08. The molecule has 0 unspecified atom stereocenters. The molecule has 0 saturated carbocycles. The van der Waals surface area contributed by atoms with E-state index in [2.05, 4.69) is 17.0 Å². The van der Waals surface area contributed by atoms with Crippen LogP contribution in [0.3, 0.4) is 0 Å². The van der Waals surface area contributed by atoms with Crippen LogP contribution in [0.15, 0.2) is 12.7 Å². The van der Waals surface area contributed by atoms with Gasteiger partial charge in [0.15, 0.2) is 0 Å². The first kappa shape index (κ1) is 14.2. The number of nitrogens with zero attached hydrogens (tertiary/aromatic N) is 2. The van der Waals surface area contributed by atoms with Crippen LogP contribution < -0.4 is 5.32 Å². The minimum absolute atomic E-state index is 0.212. The number of aryl methyl sites for hydroxylation is 2. The molecule has 2 N–H and O–H groups in total. The summed E-state index contributed by atoms with van der Waals surface area (Å²) in [5.74, 6) is -0.469. The van der Waals surface area contributed by atoms with Gasteiger partial charge in [-0.3, -0.25) is 4.68 Å². The van der Waals surface area contributed by atoms with Gasteiger partial charge in [0.05, 0.1) is 18.9 Å². The van der Waals surface area contributed by atoms with Crippen LogP contribution in [0.4, 0.5) is 5.82 Å². The molecule has 0 aliphatic carbocycles. The second kappa shape index (κ2) is 6.80. The molecular formula is C12H19N3O3. The summed E-state index contributed by atoms with van der Waals surface area (Å²) in [5, 5.41) is 16.2.